The van der Waals surface area contributed by atoms with Crippen molar-refractivity contribution in [3.8, 4) is 11.4 Å². The van der Waals surface area contributed by atoms with Gasteiger partial charge in [0.1, 0.15) is 11.6 Å². The topological polar surface area (TPSA) is 84.1 Å². The Labute approximate surface area is 161 Å². The quantitative estimate of drug-likeness (QED) is 0.642. The van der Waals surface area contributed by atoms with E-state index in [1.807, 2.05) is 13.8 Å². The Morgan fingerprint density at radius 3 is 2.36 bits per heavy atom. The number of aromatic nitrogens is 2. The Bertz CT molecular complexity index is 960. The molecule has 0 spiro atoms. The van der Waals surface area contributed by atoms with Crippen molar-refractivity contribution in [2.75, 3.05) is 6.61 Å². The smallest absolute Gasteiger partial charge is 0.338 e. The van der Waals surface area contributed by atoms with Gasteiger partial charge >= 0.3 is 5.97 Å². The number of halogens is 1. The summed E-state index contributed by atoms with van der Waals surface area (Å²) in [4.78, 5) is 31.5. The van der Waals surface area contributed by atoms with Crippen LogP contribution < -0.4 is 5.32 Å². The van der Waals surface area contributed by atoms with Crippen LogP contribution in [0.15, 0.2) is 48.5 Å². The molecule has 0 fully saturated rings. The van der Waals surface area contributed by atoms with E-state index in [9.17, 15) is 14.0 Å². The van der Waals surface area contributed by atoms with Crippen LogP contribution in [0.25, 0.3) is 11.4 Å². The van der Waals surface area contributed by atoms with Gasteiger partial charge in [0.15, 0.2) is 6.61 Å². The highest BCUT2D eigenvalue weighted by molar-refractivity contribution is 5.91. The zero-order valence-corrected chi connectivity index (χ0v) is 15.6. The number of amides is 1. The van der Waals surface area contributed by atoms with Gasteiger partial charge in [-0.15, -0.1) is 0 Å². The molecule has 0 saturated heterocycles. The van der Waals surface area contributed by atoms with Crippen molar-refractivity contribution in [3.05, 3.63) is 76.9 Å². The molecular weight excluding hydrogens is 361 g/mol. The summed E-state index contributed by atoms with van der Waals surface area (Å²) >= 11 is 0. The number of carbonyl (C=O) groups excluding carboxylic acids is 2. The van der Waals surface area contributed by atoms with Crippen LogP contribution in [0.5, 0.6) is 0 Å². The fourth-order valence-electron chi connectivity index (χ4n) is 2.52. The molecule has 6 nitrogen and oxygen atoms in total. The number of ether oxygens (including phenoxy) is 1. The summed E-state index contributed by atoms with van der Waals surface area (Å²) < 4.78 is 17.9. The molecule has 0 aliphatic heterocycles. The lowest BCUT2D eigenvalue weighted by Crippen LogP contribution is -2.28. The predicted molar refractivity (Wildman–Crippen MR) is 102 cm³/mol. The molecule has 2 N–H and O–H groups in total. The second-order valence-corrected chi connectivity index (χ2v) is 6.35. The van der Waals surface area contributed by atoms with E-state index in [1.54, 1.807) is 36.4 Å². The zero-order chi connectivity index (χ0) is 20.1. The van der Waals surface area contributed by atoms with Gasteiger partial charge < -0.3 is 15.0 Å². The van der Waals surface area contributed by atoms with Crippen molar-refractivity contribution in [1.82, 2.24) is 15.3 Å². The van der Waals surface area contributed by atoms with Gasteiger partial charge in [0, 0.05) is 17.8 Å². The van der Waals surface area contributed by atoms with Crippen molar-refractivity contribution < 1.29 is 18.7 Å². The normalized spacial score (nSPS) is 10.5. The lowest BCUT2D eigenvalue weighted by atomic mass is 10.1. The summed E-state index contributed by atoms with van der Waals surface area (Å²) in [5.41, 5.74) is 3.86. The zero-order valence-electron chi connectivity index (χ0n) is 15.6. The Morgan fingerprint density at radius 1 is 1.07 bits per heavy atom. The monoisotopic (exact) mass is 381 g/mol. The fraction of sp³-hybridized carbons (Fsp3) is 0.190. The molecule has 0 saturated carbocycles. The number of esters is 1. The lowest BCUT2D eigenvalue weighted by Gasteiger charge is -2.07. The number of nitrogens with zero attached hydrogens (tertiary/aromatic N) is 1. The number of rotatable bonds is 6. The number of H-pyrrole nitrogens is 1. The van der Waals surface area contributed by atoms with Crippen LogP contribution in [0.2, 0.25) is 0 Å². The van der Waals surface area contributed by atoms with Crippen molar-refractivity contribution in [1.29, 1.82) is 0 Å². The highest BCUT2D eigenvalue weighted by Gasteiger charge is 2.11. The highest BCUT2D eigenvalue weighted by atomic mass is 19.1. The first-order valence-corrected chi connectivity index (χ1v) is 8.74. The summed E-state index contributed by atoms with van der Waals surface area (Å²) in [6.07, 6.45) is 0. The van der Waals surface area contributed by atoms with Gasteiger partial charge in [-0.1, -0.05) is 24.3 Å². The van der Waals surface area contributed by atoms with Crippen LogP contribution in [0.4, 0.5) is 4.39 Å². The Morgan fingerprint density at radius 2 is 1.75 bits per heavy atom. The molecule has 0 aliphatic carbocycles. The van der Waals surface area contributed by atoms with Crippen molar-refractivity contribution in [2.45, 2.75) is 20.4 Å². The highest BCUT2D eigenvalue weighted by Crippen LogP contribution is 2.18. The third kappa shape index (κ3) is 4.82. The maximum absolute atomic E-state index is 12.8. The lowest BCUT2D eigenvalue weighted by molar-refractivity contribution is -0.124. The van der Waals surface area contributed by atoms with E-state index in [1.165, 1.54) is 12.1 Å². The van der Waals surface area contributed by atoms with E-state index in [0.717, 1.165) is 28.3 Å². The predicted octanol–water partition coefficient (Wildman–Crippen LogP) is 3.31. The third-order valence-corrected chi connectivity index (χ3v) is 4.26. The molecule has 0 aliphatic rings. The van der Waals surface area contributed by atoms with Crippen molar-refractivity contribution >= 4 is 11.9 Å². The Balaban J connectivity index is 1.50. The second kappa shape index (κ2) is 8.47. The SMILES string of the molecule is Cc1nc(-c2ccc(C(=O)OCC(=O)NCc3ccc(F)cc3)cc2)[nH]c1C. The minimum atomic E-state index is -0.588. The molecule has 1 amide bonds. The average Bonchev–Trinajstić information content (AvgIpc) is 3.04. The molecule has 1 heterocycles. The number of aromatic amines is 1. The molecule has 7 heteroatoms. The number of nitrogens with one attached hydrogen (secondary N) is 2. The second-order valence-electron chi connectivity index (χ2n) is 6.35. The third-order valence-electron chi connectivity index (χ3n) is 4.26. The first-order chi connectivity index (χ1) is 13.4. The number of carbonyl (C=O) groups is 2. The largest absolute Gasteiger partial charge is 0.452 e. The summed E-state index contributed by atoms with van der Waals surface area (Å²) in [6.45, 7) is 3.70. The molecule has 28 heavy (non-hydrogen) atoms. The minimum Gasteiger partial charge on any atom is -0.452 e. The Hall–Kier alpha value is -3.48. The van der Waals surface area contributed by atoms with Gasteiger partial charge in [-0.05, 0) is 43.7 Å². The van der Waals surface area contributed by atoms with E-state index in [4.69, 9.17) is 4.74 Å². The van der Waals surface area contributed by atoms with Crippen molar-refractivity contribution in [3.63, 3.8) is 0 Å². The van der Waals surface area contributed by atoms with Gasteiger partial charge in [-0.2, -0.15) is 0 Å². The summed E-state index contributed by atoms with van der Waals surface area (Å²) in [6, 6.07) is 12.6. The summed E-state index contributed by atoms with van der Waals surface area (Å²) in [5, 5.41) is 2.61. The van der Waals surface area contributed by atoms with E-state index in [-0.39, 0.29) is 12.4 Å². The summed E-state index contributed by atoms with van der Waals surface area (Å²) in [7, 11) is 0. The molecule has 3 rings (SSSR count). The minimum absolute atomic E-state index is 0.230. The van der Waals surface area contributed by atoms with E-state index in [0.29, 0.717) is 5.56 Å². The number of imidazole rings is 1. The number of benzene rings is 2. The fourth-order valence-corrected chi connectivity index (χ4v) is 2.52. The number of aryl methyl sites for hydroxylation is 2. The van der Waals surface area contributed by atoms with Crippen molar-refractivity contribution in [2.24, 2.45) is 0 Å². The van der Waals surface area contributed by atoms with Gasteiger partial charge in [-0.25, -0.2) is 14.2 Å². The van der Waals surface area contributed by atoms with Crippen LogP contribution in [-0.2, 0) is 16.1 Å². The van der Waals surface area contributed by atoms with Gasteiger partial charge in [0.05, 0.1) is 11.3 Å². The van der Waals surface area contributed by atoms with Crippen LogP contribution in [0, 0.1) is 19.7 Å². The maximum atomic E-state index is 12.8. The van der Waals surface area contributed by atoms with Crippen LogP contribution in [-0.4, -0.2) is 28.5 Å². The molecule has 2 aromatic carbocycles. The molecule has 0 unspecified atom stereocenters. The molecule has 1 aromatic heterocycles. The first-order valence-electron chi connectivity index (χ1n) is 8.74. The molecule has 0 bridgehead atoms. The van der Waals surface area contributed by atoms with Crippen LogP contribution in [0.3, 0.4) is 0 Å². The standard InChI is InChI=1S/C21H20FN3O3/c1-13-14(2)25-20(24-13)16-5-7-17(8-6-16)21(27)28-12-19(26)23-11-15-3-9-18(22)10-4-15/h3-10H,11-12H2,1-2H3,(H,23,26)(H,24,25). The molecule has 0 radical (unpaired) electrons. The van der Waals surface area contributed by atoms with Gasteiger partial charge in [0.2, 0.25) is 0 Å². The Kier molecular flexibility index (Phi) is 5.84. The van der Waals surface area contributed by atoms with E-state index >= 15 is 0 Å². The summed E-state index contributed by atoms with van der Waals surface area (Å²) in [5.74, 6) is -0.631. The number of hydrogen-bond acceptors (Lipinski definition) is 4. The van der Waals surface area contributed by atoms with Crippen LogP contribution in [0.1, 0.15) is 27.3 Å². The number of hydrogen-bond donors (Lipinski definition) is 2. The van der Waals surface area contributed by atoms with Crippen LogP contribution >= 0.6 is 0 Å². The average molecular weight is 381 g/mol. The van der Waals surface area contributed by atoms with Gasteiger partial charge in [0.25, 0.3) is 5.91 Å². The first kappa shape index (κ1) is 19.3. The van der Waals surface area contributed by atoms with E-state index < -0.39 is 18.5 Å². The maximum Gasteiger partial charge on any atom is 0.338 e. The molecule has 0 atom stereocenters. The molecule has 144 valence electrons. The molecular formula is C21H20FN3O3. The molecule has 3 aromatic rings. The van der Waals surface area contributed by atoms with E-state index in [2.05, 4.69) is 15.3 Å². The van der Waals surface area contributed by atoms with Gasteiger partial charge in [-0.3, -0.25) is 4.79 Å².